The summed E-state index contributed by atoms with van der Waals surface area (Å²) in [6, 6.07) is 19.4. The van der Waals surface area contributed by atoms with Crippen LogP contribution in [0.1, 0.15) is 45.9 Å². The molecule has 2 fully saturated rings. The van der Waals surface area contributed by atoms with Crippen LogP contribution in [-0.4, -0.2) is 51.2 Å². The van der Waals surface area contributed by atoms with E-state index < -0.39 is 0 Å². The fourth-order valence-corrected chi connectivity index (χ4v) is 6.24. The molecule has 1 N–H and O–H groups in total. The van der Waals surface area contributed by atoms with E-state index in [0.29, 0.717) is 54.7 Å². The van der Waals surface area contributed by atoms with Crippen LogP contribution in [0, 0.1) is 13.8 Å². The molecule has 0 radical (unpaired) electrons. The highest BCUT2D eigenvalue weighted by molar-refractivity contribution is 5.94. The fraction of sp³-hybridized carbons (Fsp3) is 0.278. The maximum atomic E-state index is 13.8. The number of aryl methyl sites for hydroxylation is 2. The van der Waals surface area contributed by atoms with Crippen molar-refractivity contribution in [2.75, 3.05) is 31.6 Å². The van der Waals surface area contributed by atoms with Crippen molar-refractivity contribution in [1.29, 1.82) is 0 Å². The third kappa shape index (κ3) is 5.44. The molecule has 1 aliphatic heterocycles. The van der Waals surface area contributed by atoms with Crippen molar-refractivity contribution >= 4 is 28.2 Å². The van der Waals surface area contributed by atoms with Crippen molar-refractivity contribution in [3.05, 3.63) is 116 Å². The summed E-state index contributed by atoms with van der Waals surface area (Å²) in [5.41, 5.74) is 6.20. The number of amides is 1. The summed E-state index contributed by atoms with van der Waals surface area (Å²) in [6.07, 6.45) is 5.76. The van der Waals surface area contributed by atoms with Crippen LogP contribution in [0.15, 0.2) is 82.6 Å². The molecular formula is C36H35N5O4. The standard InChI is InChI=1S/C36H35N5O4/c1-22-17-27-18-25(24-7-8-24)9-11-30(27)35(43)41(22)32-6-4-5-29(23(32)2)28-19-31(36(44)39(3)21-28)38-33-12-10-26(20-37-33)34(42)40-13-15-45-16-14-40/h4-6,9-12,17-21,24H,7-8,13-16H2,1-3H3,(H,37,38). The fourth-order valence-electron chi connectivity index (χ4n) is 6.24. The zero-order chi connectivity index (χ0) is 31.2. The van der Waals surface area contributed by atoms with Gasteiger partial charge in [-0.15, -0.1) is 0 Å². The van der Waals surface area contributed by atoms with Gasteiger partial charge in [0.2, 0.25) is 0 Å². The van der Waals surface area contributed by atoms with E-state index in [-0.39, 0.29) is 17.0 Å². The molecule has 4 heterocycles. The van der Waals surface area contributed by atoms with Crippen LogP contribution in [0.2, 0.25) is 0 Å². The van der Waals surface area contributed by atoms with Crippen LogP contribution in [-0.2, 0) is 11.8 Å². The van der Waals surface area contributed by atoms with Crippen LogP contribution < -0.4 is 16.4 Å². The summed E-state index contributed by atoms with van der Waals surface area (Å²) in [7, 11) is 1.71. The lowest BCUT2D eigenvalue weighted by atomic mass is 9.99. The van der Waals surface area contributed by atoms with Gasteiger partial charge in [0.05, 0.1) is 24.5 Å². The summed E-state index contributed by atoms with van der Waals surface area (Å²) in [5, 5.41) is 4.83. The van der Waals surface area contributed by atoms with Crippen LogP contribution >= 0.6 is 0 Å². The zero-order valence-corrected chi connectivity index (χ0v) is 25.7. The minimum absolute atomic E-state index is 0.0444. The maximum absolute atomic E-state index is 13.8. The van der Waals surface area contributed by atoms with Crippen LogP contribution in [0.25, 0.3) is 27.6 Å². The number of morpholine rings is 1. The summed E-state index contributed by atoms with van der Waals surface area (Å²) in [6.45, 7) is 6.14. The Morgan fingerprint density at radius 1 is 0.956 bits per heavy atom. The normalized spacial score (nSPS) is 15.0. The quantitative estimate of drug-likeness (QED) is 0.278. The molecule has 9 nitrogen and oxygen atoms in total. The maximum Gasteiger partial charge on any atom is 0.274 e. The van der Waals surface area contributed by atoms with Gasteiger partial charge < -0.3 is 19.5 Å². The number of anilines is 2. The van der Waals surface area contributed by atoms with Crippen molar-refractivity contribution in [2.45, 2.75) is 32.6 Å². The van der Waals surface area contributed by atoms with Crippen LogP contribution in [0.3, 0.4) is 0 Å². The molecule has 7 rings (SSSR count). The number of nitrogens with zero attached hydrogens (tertiary/aromatic N) is 4. The predicted molar refractivity (Wildman–Crippen MR) is 176 cm³/mol. The van der Waals surface area contributed by atoms with E-state index >= 15 is 0 Å². The lowest BCUT2D eigenvalue weighted by molar-refractivity contribution is 0.0302. The van der Waals surface area contributed by atoms with Crippen molar-refractivity contribution in [3.63, 3.8) is 0 Å². The molecule has 1 saturated heterocycles. The Kier molecular flexibility index (Phi) is 7.33. The summed E-state index contributed by atoms with van der Waals surface area (Å²) in [4.78, 5) is 46.0. The molecule has 9 heteroatoms. The number of hydrogen-bond acceptors (Lipinski definition) is 6. The van der Waals surface area contributed by atoms with Crippen molar-refractivity contribution < 1.29 is 9.53 Å². The van der Waals surface area contributed by atoms with Gasteiger partial charge in [-0.2, -0.15) is 0 Å². The second-order valence-electron chi connectivity index (χ2n) is 12.0. The largest absolute Gasteiger partial charge is 0.378 e. The molecule has 45 heavy (non-hydrogen) atoms. The number of hydrogen-bond donors (Lipinski definition) is 1. The first-order valence-electron chi connectivity index (χ1n) is 15.4. The zero-order valence-electron chi connectivity index (χ0n) is 25.7. The minimum atomic E-state index is -0.213. The third-order valence-electron chi connectivity index (χ3n) is 8.89. The average molecular weight is 602 g/mol. The Morgan fingerprint density at radius 3 is 2.49 bits per heavy atom. The second-order valence-corrected chi connectivity index (χ2v) is 12.0. The van der Waals surface area contributed by atoms with Gasteiger partial charge in [-0.05, 0) is 91.1 Å². The second kappa shape index (κ2) is 11.5. The molecule has 0 atom stereocenters. The van der Waals surface area contributed by atoms with E-state index in [4.69, 9.17) is 4.74 Å². The first-order valence-corrected chi connectivity index (χ1v) is 15.4. The molecular weight excluding hydrogens is 566 g/mol. The van der Waals surface area contributed by atoms with E-state index in [1.54, 1.807) is 40.9 Å². The molecule has 1 saturated carbocycles. The third-order valence-corrected chi connectivity index (χ3v) is 8.89. The number of carbonyl (C=O) groups excluding carboxylic acids is 1. The molecule has 0 spiro atoms. The van der Waals surface area contributed by atoms with Gasteiger partial charge in [0.25, 0.3) is 17.0 Å². The number of carbonyl (C=O) groups is 1. The van der Waals surface area contributed by atoms with Gasteiger partial charge in [0.15, 0.2) is 0 Å². The SMILES string of the molecule is Cc1c(-c2cc(Nc3ccc(C(=O)N4CCOCC4)cn3)c(=O)n(C)c2)cccc1-n1c(C)cc2cc(C3CC3)ccc2c1=O. The van der Waals surface area contributed by atoms with Gasteiger partial charge in [-0.3, -0.25) is 19.0 Å². The number of fused-ring (bicyclic) bond motifs is 1. The molecule has 1 amide bonds. The number of benzene rings is 2. The summed E-state index contributed by atoms with van der Waals surface area (Å²) >= 11 is 0. The van der Waals surface area contributed by atoms with E-state index in [1.165, 1.54) is 29.2 Å². The Hall–Kier alpha value is -5.02. The monoisotopic (exact) mass is 601 g/mol. The molecule has 228 valence electrons. The Morgan fingerprint density at radius 2 is 1.76 bits per heavy atom. The topological polar surface area (TPSA) is 98.5 Å². The Balaban J connectivity index is 1.21. The lowest BCUT2D eigenvalue weighted by Crippen LogP contribution is -2.40. The van der Waals surface area contributed by atoms with E-state index in [9.17, 15) is 14.4 Å². The van der Waals surface area contributed by atoms with Gasteiger partial charge in [0.1, 0.15) is 11.5 Å². The molecule has 2 aliphatic rings. The molecule has 2 aromatic carbocycles. The molecule has 1 aliphatic carbocycles. The Labute approximate surface area is 260 Å². The van der Waals surface area contributed by atoms with E-state index in [1.807, 2.05) is 38.1 Å². The Bertz CT molecular complexity index is 2070. The average Bonchev–Trinajstić information content (AvgIpc) is 3.90. The van der Waals surface area contributed by atoms with Gasteiger partial charge in [0, 0.05) is 49.2 Å². The highest BCUT2D eigenvalue weighted by Crippen LogP contribution is 2.40. The number of rotatable bonds is 6. The number of ether oxygens (including phenoxy) is 1. The summed E-state index contributed by atoms with van der Waals surface area (Å²) < 4.78 is 8.65. The van der Waals surface area contributed by atoms with Gasteiger partial charge >= 0.3 is 0 Å². The molecule has 0 bridgehead atoms. The van der Waals surface area contributed by atoms with Crippen molar-refractivity contribution in [1.82, 2.24) is 19.0 Å². The first kappa shape index (κ1) is 28.7. The van der Waals surface area contributed by atoms with Gasteiger partial charge in [-0.25, -0.2) is 4.98 Å². The van der Waals surface area contributed by atoms with Crippen LogP contribution in [0.4, 0.5) is 11.5 Å². The molecule has 5 aromatic rings. The van der Waals surface area contributed by atoms with Crippen molar-refractivity contribution in [2.24, 2.45) is 7.05 Å². The highest BCUT2D eigenvalue weighted by Gasteiger charge is 2.24. The smallest absolute Gasteiger partial charge is 0.274 e. The number of nitrogens with one attached hydrogen (secondary N) is 1. The van der Waals surface area contributed by atoms with E-state index in [0.717, 1.165) is 33.5 Å². The molecule has 3 aromatic heterocycles. The molecule has 0 unspecified atom stereocenters. The number of aromatic nitrogens is 3. The number of pyridine rings is 3. The summed E-state index contributed by atoms with van der Waals surface area (Å²) in [5.74, 6) is 0.989. The van der Waals surface area contributed by atoms with E-state index in [2.05, 4.69) is 28.5 Å². The highest BCUT2D eigenvalue weighted by atomic mass is 16.5. The van der Waals surface area contributed by atoms with Gasteiger partial charge in [-0.1, -0.05) is 24.3 Å². The van der Waals surface area contributed by atoms with Crippen LogP contribution in [0.5, 0.6) is 0 Å². The van der Waals surface area contributed by atoms with Crippen molar-refractivity contribution in [3.8, 4) is 16.8 Å². The predicted octanol–water partition coefficient (Wildman–Crippen LogP) is 5.46. The first-order chi connectivity index (χ1) is 21.8. The lowest BCUT2D eigenvalue weighted by Gasteiger charge is -2.26. The minimum Gasteiger partial charge on any atom is -0.378 e.